The van der Waals surface area contributed by atoms with Crippen molar-refractivity contribution in [3.8, 4) is 22.3 Å². The summed E-state index contributed by atoms with van der Waals surface area (Å²) in [5.41, 5.74) is 3.02. The van der Waals surface area contributed by atoms with Gasteiger partial charge in [0.2, 0.25) is 0 Å². The van der Waals surface area contributed by atoms with Gasteiger partial charge in [0.25, 0.3) is 0 Å². The lowest BCUT2D eigenvalue weighted by atomic mass is 9.97. The number of hydrogen-bond acceptors (Lipinski definition) is 2. The summed E-state index contributed by atoms with van der Waals surface area (Å²) in [5.74, 6) is -1.67. The molecule has 41 heavy (non-hydrogen) atoms. The van der Waals surface area contributed by atoms with Crippen LogP contribution in [0.25, 0.3) is 22.3 Å². The molecule has 1 heterocycles. The van der Waals surface area contributed by atoms with Crippen LogP contribution in [0.2, 0.25) is 0 Å². The number of unbranched alkanes of at least 4 members (excludes halogenated alkanes) is 5. The Morgan fingerprint density at radius 1 is 0.732 bits per heavy atom. The van der Waals surface area contributed by atoms with Crippen LogP contribution in [0.5, 0.6) is 0 Å². The van der Waals surface area contributed by atoms with Crippen molar-refractivity contribution in [1.82, 2.24) is 0 Å². The van der Waals surface area contributed by atoms with E-state index < -0.39 is 17.9 Å². The van der Waals surface area contributed by atoms with Crippen molar-refractivity contribution in [3.05, 3.63) is 95.3 Å². The molecule has 1 saturated heterocycles. The highest BCUT2D eigenvalue weighted by atomic mass is 19.2. The largest absolute Gasteiger partial charge is 0.348 e. The second kappa shape index (κ2) is 15.9. The van der Waals surface area contributed by atoms with Crippen LogP contribution in [0, 0.1) is 23.4 Å². The van der Waals surface area contributed by atoms with Gasteiger partial charge in [0.1, 0.15) is 5.82 Å². The van der Waals surface area contributed by atoms with Crippen LogP contribution in [0.4, 0.5) is 13.2 Å². The highest BCUT2D eigenvalue weighted by Crippen LogP contribution is 2.33. The lowest BCUT2D eigenvalue weighted by Crippen LogP contribution is -2.27. The van der Waals surface area contributed by atoms with Crippen molar-refractivity contribution in [2.75, 3.05) is 13.2 Å². The van der Waals surface area contributed by atoms with Gasteiger partial charge in [0.05, 0.1) is 13.2 Å². The maximum absolute atomic E-state index is 15.1. The molecule has 0 N–H and O–H groups in total. The molecule has 0 spiro atoms. The summed E-state index contributed by atoms with van der Waals surface area (Å²) in [7, 11) is 0. The molecule has 4 rings (SSSR count). The van der Waals surface area contributed by atoms with E-state index in [1.807, 2.05) is 25.1 Å². The second-order valence-electron chi connectivity index (χ2n) is 11.1. The van der Waals surface area contributed by atoms with Crippen LogP contribution in [0.3, 0.4) is 0 Å². The van der Waals surface area contributed by atoms with E-state index in [0.717, 1.165) is 18.4 Å². The minimum absolute atomic E-state index is 0.213. The zero-order valence-electron chi connectivity index (χ0n) is 24.4. The zero-order valence-corrected chi connectivity index (χ0v) is 24.4. The molecule has 1 aliphatic heterocycles. The van der Waals surface area contributed by atoms with Crippen molar-refractivity contribution in [2.24, 2.45) is 5.92 Å². The van der Waals surface area contributed by atoms with Gasteiger partial charge >= 0.3 is 0 Å². The van der Waals surface area contributed by atoms with E-state index in [-0.39, 0.29) is 11.4 Å². The molecule has 0 unspecified atom stereocenters. The first-order chi connectivity index (χ1) is 20.0. The maximum Gasteiger partial charge on any atom is 0.186 e. The van der Waals surface area contributed by atoms with Gasteiger partial charge in [-0.25, -0.2) is 13.2 Å². The predicted molar refractivity (Wildman–Crippen MR) is 161 cm³/mol. The summed E-state index contributed by atoms with van der Waals surface area (Å²) in [4.78, 5) is 0. The number of rotatable bonds is 14. The molecule has 1 fully saturated rings. The third-order valence-corrected chi connectivity index (χ3v) is 7.86. The van der Waals surface area contributed by atoms with Gasteiger partial charge in [-0.2, -0.15) is 0 Å². The second-order valence-corrected chi connectivity index (χ2v) is 11.1. The normalized spacial score (nSPS) is 17.4. The van der Waals surface area contributed by atoms with E-state index in [1.165, 1.54) is 44.6 Å². The molecule has 3 aromatic rings. The molecule has 3 aromatic carbocycles. The minimum Gasteiger partial charge on any atom is -0.348 e. The molecular weight excluding hydrogens is 521 g/mol. The van der Waals surface area contributed by atoms with E-state index >= 15 is 4.39 Å². The first-order valence-corrected chi connectivity index (χ1v) is 15.3. The van der Waals surface area contributed by atoms with Crippen molar-refractivity contribution in [1.29, 1.82) is 0 Å². The van der Waals surface area contributed by atoms with Gasteiger partial charge in [-0.15, -0.1) is 0 Å². The van der Waals surface area contributed by atoms with Crippen LogP contribution in [0.15, 0.2) is 66.7 Å². The Bertz CT molecular complexity index is 1260. The number of hydrogen-bond donors (Lipinski definition) is 0. The Morgan fingerprint density at radius 2 is 1.41 bits per heavy atom. The average Bonchev–Trinajstić information content (AvgIpc) is 3.00. The summed E-state index contributed by atoms with van der Waals surface area (Å²) >= 11 is 0. The van der Waals surface area contributed by atoms with Gasteiger partial charge in [0.15, 0.2) is 17.9 Å². The van der Waals surface area contributed by atoms with Crippen LogP contribution < -0.4 is 0 Å². The summed E-state index contributed by atoms with van der Waals surface area (Å²) in [6, 6.07) is 15.4. The molecule has 0 atom stereocenters. The van der Waals surface area contributed by atoms with Crippen molar-refractivity contribution in [2.45, 2.75) is 84.3 Å². The molecule has 2 nitrogen and oxygen atoms in total. The van der Waals surface area contributed by atoms with E-state index in [2.05, 4.69) is 6.92 Å². The molecule has 5 heteroatoms. The molecule has 0 aliphatic carbocycles. The first-order valence-electron chi connectivity index (χ1n) is 15.3. The molecule has 1 aliphatic rings. The lowest BCUT2D eigenvalue weighted by Gasteiger charge is -2.30. The van der Waals surface area contributed by atoms with Gasteiger partial charge in [-0.05, 0) is 54.0 Å². The summed E-state index contributed by atoms with van der Waals surface area (Å²) in [5, 5.41) is 0. The van der Waals surface area contributed by atoms with Crippen LogP contribution in [0.1, 0.15) is 89.1 Å². The fraction of sp³-hybridized carbons (Fsp3) is 0.444. The quantitative estimate of drug-likeness (QED) is 0.143. The van der Waals surface area contributed by atoms with E-state index in [4.69, 9.17) is 9.47 Å². The lowest BCUT2D eigenvalue weighted by molar-refractivity contribution is -0.207. The first kappa shape index (κ1) is 31.1. The standard InChI is InChI=1S/C36H43F3O2/c1-3-5-7-9-10-11-13-26-24-40-36(41-25-26)32-22-20-30(23-33(32)37)27-15-17-28(18-16-27)31-21-19-29(34(38)35(31)39)14-12-8-6-4-2/h6,8,15-23,26,36H,3-5,7,9-14,24-25H2,1-2H3. The molecule has 0 bridgehead atoms. The Hall–Kier alpha value is -2.89. The van der Waals surface area contributed by atoms with Crippen LogP contribution in [-0.4, -0.2) is 13.2 Å². The van der Waals surface area contributed by atoms with Gasteiger partial charge in [-0.1, -0.05) is 113 Å². The number of aryl methyl sites for hydroxylation is 1. The summed E-state index contributed by atoms with van der Waals surface area (Å²) < 4.78 is 56.5. The summed E-state index contributed by atoms with van der Waals surface area (Å²) in [6.45, 7) is 5.42. The number of benzene rings is 3. The number of allylic oxidation sites excluding steroid dienone is 2. The van der Waals surface area contributed by atoms with Crippen LogP contribution >= 0.6 is 0 Å². The van der Waals surface area contributed by atoms with Crippen molar-refractivity contribution in [3.63, 3.8) is 0 Å². The predicted octanol–water partition coefficient (Wildman–Crippen LogP) is 10.7. The highest BCUT2D eigenvalue weighted by Gasteiger charge is 2.25. The summed E-state index contributed by atoms with van der Waals surface area (Å²) in [6.07, 6.45) is 14.0. The van der Waals surface area contributed by atoms with Crippen molar-refractivity contribution < 1.29 is 22.6 Å². The van der Waals surface area contributed by atoms with E-state index in [1.54, 1.807) is 42.5 Å². The fourth-order valence-corrected chi connectivity index (χ4v) is 5.37. The topological polar surface area (TPSA) is 18.5 Å². The smallest absolute Gasteiger partial charge is 0.186 e. The molecule has 220 valence electrons. The van der Waals surface area contributed by atoms with Gasteiger partial charge < -0.3 is 9.47 Å². The van der Waals surface area contributed by atoms with E-state index in [9.17, 15) is 8.78 Å². The maximum atomic E-state index is 15.1. The molecule has 0 amide bonds. The Balaban J connectivity index is 1.34. The van der Waals surface area contributed by atoms with Crippen LogP contribution in [-0.2, 0) is 15.9 Å². The molecule has 0 saturated carbocycles. The molecular formula is C36H43F3O2. The minimum atomic E-state index is -0.841. The Morgan fingerprint density at radius 3 is 2.12 bits per heavy atom. The number of halogens is 3. The zero-order chi connectivity index (χ0) is 29.0. The third kappa shape index (κ3) is 8.56. The fourth-order valence-electron chi connectivity index (χ4n) is 5.37. The monoisotopic (exact) mass is 564 g/mol. The Labute approximate surface area is 243 Å². The average molecular weight is 565 g/mol. The molecule has 0 aromatic heterocycles. The number of ether oxygens (including phenoxy) is 2. The van der Waals surface area contributed by atoms with Gasteiger partial charge in [0, 0.05) is 17.0 Å². The van der Waals surface area contributed by atoms with E-state index in [0.29, 0.717) is 54.2 Å². The van der Waals surface area contributed by atoms with Crippen molar-refractivity contribution >= 4 is 0 Å². The third-order valence-electron chi connectivity index (χ3n) is 7.86. The molecule has 0 radical (unpaired) electrons. The Kier molecular flexibility index (Phi) is 12.1. The van der Waals surface area contributed by atoms with Gasteiger partial charge in [-0.3, -0.25) is 0 Å². The SMILES string of the molecule is CCC=CCCc1ccc(-c2ccc(-c3ccc(C4OCC(CCCCCCCC)CO4)c(F)c3)cc2)c(F)c1F. The highest BCUT2D eigenvalue weighted by molar-refractivity contribution is 5.71.